The van der Waals surface area contributed by atoms with E-state index in [-0.39, 0.29) is 0 Å². The number of alkyl halides is 1. The molecule has 1 atom stereocenters. The fraction of sp³-hybridized carbons (Fsp3) is 0.200. The number of rotatable bonds is 0. The van der Waals surface area contributed by atoms with Gasteiger partial charge >= 0.3 is 0 Å². The number of fused-ring (bicyclic) bond motifs is 1. The van der Waals surface area contributed by atoms with Gasteiger partial charge in [-0.3, -0.25) is 0 Å². The molecule has 0 spiro atoms. The highest BCUT2D eigenvalue weighted by Gasteiger charge is 2.20. The van der Waals surface area contributed by atoms with Gasteiger partial charge in [-0.2, -0.15) is 0 Å². The number of anilines is 1. The summed E-state index contributed by atoms with van der Waals surface area (Å²) in [4.78, 5) is -0.436. The zero-order chi connectivity index (χ0) is 8.60. The zero-order valence-electron chi connectivity index (χ0n) is 6.84. The summed E-state index contributed by atoms with van der Waals surface area (Å²) in [6.07, 6.45) is 4.00. The van der Waals surface area contributed by atoms with Gasteiger partial charge in [-0.1, -0.05) is 35.9 Å². The summed E-state index contributed by atoms with van der Waals surface area (Å²) in [7, 11) is 0. The van der Waals surface area contributed by atoms with Crippen LogP contribution in [0.1, 0.15) is 12.5 Å². The molecule has 1 unspecified atom stereocenters. The van der Waals surface area contributed by atoms with Crippen LogP contribution < -0.4 is 5.32 Å². The molecule has 62 valence electrons. The fourth-order valence-corrected chi connectivity index (χ4v) is 1.47. The Morgan fingerprint density at radius 1 is 1.33 bits per heavy atom. The number of hydrogen-bond acceptors (Lipinski definition) is 1. The number of hydrogen-bond donors (Lipinski definition) is 1. The lowest BCUT2D eigenvalue weighted by Crippen LogP contribution is -2.27. The van der Waals surface area contributed by atoms with Crippen molar-refractivity contribution in [2.45, 2.75) is 11.9 Å². The topological polar surface area (TPSA) is 12.0 Å². The summed E-state index contributed by atoms with van der Waals surface area (Å²) < 4.78 is 0. The van der Waals surface area contributed by atoms with Gasteiger partial charge in [-0.25, -0.2) is 0 Å². The van der Waals surface area contributed by atoms with Crippen LogP contribution in [0.2, 0.25) is 0 Å². The van der Waals surface area contributed by atoms with E-state index in [1.165, 1.54) is 5.56 Å². The van der Waals surface area contributed by atoms with Crippen LogP contribution in [-0.2, 0) is 0 Å². The second kappa shape index (κ2) is 2.53. The lowest BCUT2D eigenvalue weighted by molar-refractivity contribution is 0.897. The molecule has 2 rings (SSSR count). The van der Waals surface area contributed by atoms with E-state index in [2.05, 4.69) is 11.4 Å². The molecule has 1 nitrogen and oxygen atoms in total. The monoisotopic (exact) mass is 179 g/mol. The van der Waals surface area contributed by atoms with Gasteiger partial charge in [-0.05, 0) is 24.6 Å². The molecule has 1 aliphatic rings. The normalized spacial score (nSPS) is 26.2. The smallest absolute Gasteiger partial charge is 0.128 e. The molecule has 0 amide bonds. The molecule has 0 bridgehead atoms. The van der Waals surface area contributed by atoms with E-state index in [4.69, 9.17) is 11.6 Å². The number of benzene rings is 1. The minimum atomic E-state index is -0.436. The molecule has 0 radical (unpaired) electrons. The van der Waals surface area contributed by atoms with E-state index >= 15 is 0 Å². The maximum absolute atomic E-state index is 6.10. The second-order valence-electron chi connectivity index (χ2n) is 3.12. The summed E-state index contributed by atoms with van der Waals surface area (Å²) in [5.41, 5.74) is 2.29. The van der Waals surface area contributed by atoms with Crippen molar-refractivity contribution in [3.8, 4) is 0 Å². The van der Waals surface area contributed by atoms with Crippen molar-refractivity contribution in [2.75, 3.05) is 5.32 Å². The van der Waals surface area contributed by atoms with Crippen LogP contribution in [-0.4, -0.2) is 5.00 Å². The quantitative estimate of drug-likeness (QED) is 0.477. The first-order chi connectivity index (χ1) is 5.67. The van der Waals surface area contributed by atoms with Crippen molar-refractivity contribution >= 4 is 23.4 Å². The molecular formula is C10H10ClN. The predicted molar refractivity (Wildman–Crippen MR) is 53.4 cm³/mol. The Kier molecular flexibility index (Phi) is 1.62. The lowest BCUT2D eigenvalue weighted by atomic mass is 10.1. The van der Waals surface area contributed by atoms with Gasteiger partial charge < -0.3 is 5.32 Å². The van der Waals surface area contributed by atoms with Crippen LogP contribution in [0.25, 0.3) is 6.08 Å². The minimum absolute atomic E-state index is 0.436. The number of nitrogens with one attached hydrogen (secondary N) is 1. The van der Waals surface area contributed by atoms with Crippen molar-refractivity contribution in [1.29, 1.82) is 0 Å². The predicted octanol–water partition coefficient (Wildman–Crippen LogP) is 3.08. The first-order valence-electron chi connectivity index (χ1n) is 3.93. The largest absolute Gasteiger partial charge is 0.363 e. The van der Waals surface area contributed by atoms with Crippen molar-refractivity contribution in [1.82, 2.24) is 0 Å². The molecule has 1 aromatic carbocycles. The second-order valence-corrected chi connectivity index (χ2v) is 3.91. The van der Waals surface area contributed by atoms with Gasteiger partial charge in [0.25, 0.3) is 0 Å². The lowest BCUT2D eigenvalue weighted by Gasteiger charge is -2.26. The summed E-state index contributed by atoms with van der Waals surface area (Å²) >= 11 is 6.10. The third kappa shape index (κ3) is 1.32. The van der Waals surface area contributed by atoms with Crippen LogP contribution in [0.4, 0.5) is 5.69 Å². The molecule has 1 N–H and O–H groups in total. The van der Waals surface area contributed by atoms with E-state index in [9.17, 15) is 0 Å². The molecule has 0 fully saturated rings. The van der Waals surface area contributed by atoms with E-state index in [1.54, 1.807) is 0 Å². The molecule has 0 aliphatic carbocycles. The van der Waals surface area contributed by atoms with Crippen molar-refractivity contribution in [3.63, 3.8) is 0 Å². The summed E-state index contributed by atoms with van der Waals surface area (Å²) in [6.45, 7) is 1.93. The molecule has 1 aliphatic heterocycles. The molecule has 2 heteroatoms. The van der Waals surface area contributed by atoms with Crippen molar-refractivity contribution in [3.05, 3.63) is 35.9 Å². The molecule has 12 heavy (non-hydrogen) atoms. The summed E-state index contributed by atoms with van der Waals surface area (Å²) in [6, 6.07) is 8.10. The highest BCUT2D eigenvalue weighted by molar-refractivity contribution is 6.26. The molecule has 0 aromatic heterocycles. The van der Waals surface area contributed by atoms with Crippen molar-refractivity contribution in [2.24, 2.45) is 0 Å². The van der Waals surface area contributed by atoms with Crippen LogP contribution in [0.5, 0.6) is 0 Å². The van der Waals surface area contributed by atoms with Crippen LogP contribution >= 0.6 is 11.6 Å². The van der Waals surface area contributed by atoms with Gasteiger partial charge in [0.2, 0.25) is 0 Å². The standard InChI is InChI=1S/C10H10ClN/c1-10(11)7-6-8-4-2-3-5-9(8)12-10/h2-7,12H,1H3. The third-order valence-electron chi connectivity index (χ3n) is 1.92. The van der Waals surface area contributed by atoms with Gasteiger partial charge in [0.15, 0.2) is 0 Å². The Morgan fingerprint density at radius 2 is 2.08 bits per heavy atom. The Bertz CT molecular complexity index is 328. The minimum Gasteiger partial charge on any atom is -0.363 e. The average Bonchev–Trinajstić information content (AvgIpc) is 2.02. The van der Waals surface area contributed by atoms with E-state index in [0.717, 1.165) is 5.69 Å². The first kappa shape index (κ1) is 7.69. The third-order valence-corrected chi connectivity index (χ3v) is 2.14. The Morgan fingerprint density at radius 3 is 2.92 bits per heavy atom. The Balaban J connectivity index is 2.46. The average molecular weight is 180 g/mol. The van der Waals surface area contributed by atoms with E-state index < -0.39 is 5.00 Å². The molecular weight excluding hydrogens is 170 g/mol. The summed E-state index contributed by atoms with van der Waals surface area (Å²) in [5.74, 6) is 0. The SMILES string of the molecule is CC1(Cl)C=Cc2ccccc2N1. The maximum atomic E-state index is 6.10. The fourth-order valence-electron chi connectivity index (χ4n) is 1.31. The van der Waals surface area contributed by atoms with Crippen LogP contribution in [0, 0.1) is 0 Å². The molecule has 0 saturated carbocycles. The molecule has 0 saturated heterocycles. The number of halogens is 1. The zero-order valence-corrected chi connectivity index (χ0v) is 7.60. The highest BCUT2D eigenvalue weighted by Crippen LogP contribution is 2.29. The van der Waals surface area contributed by atoms with Crippen LogP contribution in [0.3, 0.4) is 0 Å². The van der Waals surface area contributed by atoms with Crippen LogP contribution in [0.15, 0.2) is 30.3 Å². The number of para-hydroxylation sites is 1. The van der Waals surface area contributed by atoms with Gasteiger partial charge in [0.05, 0.1) is 0 Å². The molecule has 1 heterocycles. The van der Waals surface area contributed by atoms with Crippen molar-refractivity contribution < 1.29 is 0 Å². The molecule has 1 aromatic rings. The first-order valence-corrected chi connectivity index (χ1v) is 4.30. The Hall–Kier alpha value is -0.950. The van der Waals surface area contributed by atoms with E-state index in [0.29, 0.717) is 0 Å². The summed E-state index contributed by atoms with van der Waals surface area (Å²) in [5, 5.41) is 3.21. The highest BCUT2D eigenvalue weighted by atomic mass is 35.5. The van der Waals surface area contributed by atoms with Gasteiger partial charge in [-0.15, -0.1) is 0 Å². The van der Waals surface area contributed by atoms with E-state index in [1.807, 2.05) is 37.3 Å². The van der Waals surface area contributed by atoms with Gasteiger partial charge in [0, 0.05) is 5.69 Å². The maximum Gasteiger partial charge on any atom is 0.128 e. The van der Waals surface area contributed by atoms with Gasteiger partial charge in [0.1, 0.15) is 5.00 Å². The Labute approximate surface area is 77.0 Å².